The van der Waals surface area contributed by atoms with E-state index in [-0.39, 0.29) is 72.0 Å². The fourth-order valence-electron chi connectivity index (χ4n) is 9.30. The summed E-state index contributed by atoms with van der Waals surface area (Å²) in [5.74, 6) is -5.04. The molecule has 4 aromatic rings. The predicted octanol–water partition coefficient (Wildman–Crippen LogP) is 14.4. The number of rotatable bonds is 33. The van der Waals surface area contributed by atoms with Crippen LogP contribution in [0.25, 0.3) is 0 Å². The Balaban J connectivity index is 0.000000382. The SMILES string of the molecule is CCCC[C@@H](C[C@@H](O)c1ccc(F)cc1)C(=O)O.CCCC[C@@H](C[C@@H](OC)c1ccc(F)cc1)C(=O)NO.CCCC[C@@H](C[C@@H](OC)c1ccc(F)cc1)C(=O)NOC1CCCCO1.CCCC[C@@H](C[C@@H](OC)c1ccc(F)cc1)C(=O)O. The number of unbranched alkanes of at least 4 members (excludes halogenated alkanes) is 4. The highest BCUT2D eigenvalue weighted by molar-refractivity contribution is 5.78. The molecule has 2 amide bonds. The van der Waals surface area contributed by atoms with Gasteiger partial charge in [0.05, 0.1) is 36.3 Å². The molecule has 1 unspecified atom stereocenters. The molecule has 1 fully saturated rings. The van der Waals surface area contributed by atoms with Crippen LogP contribution in [-0.2, 0) is 43.0 Å². The molecule has 83 heavy (non-hydrogen) atoms. The van der Waals surface area contributed by atoms with E-state index < -0.39 is 35.8 Å². The van der Waals surface area contributed by atoms with Crippen LogP contribution in [0, 0.1) is 46.9 Å². The van der Waals surface area contributed by atoms with Crippen LogP contribution in [-0.4, -0.2) is 78.5 Å². The monoisotopic (exact) mass is 1170 g/mol. The van der Waals surface area contributed by atoms with Crippen molar-refractivity contribution in [1.82, 2.24) is 11.0 Å². The number of hydrogen-bond donors (Lipinski definition) is 6. The number of carbonyl (C=O) groups excluding carboxylic acids is 2. The number of aliphatic hydroxyl groups is 1. The molecular formula is C64H92F4N2O13. The van der Waals surface area contributed by atoms with E-state index in [1.165, 1.54) is 60.7 Å². The van der Waals surface area contributed by atoms with E-state index in [0.717, 1.165) is 93.7 Å². The molecule has 9 atom stereocenters. The molecule has 0 saturated carbocycles. The van der Waals surface area contributed by atoms with Gasteiger partial charge in [0.1, 0.15) is 23.3 Å². The molecular weight excluding hydrogens is 1080 g/mol. The number of aliphatic hydroxyl groups excluding tert-OH is 1. The molecule has 15 nitrogen and oxygen atoms in total. The first-order valence-electron chi connectivity index (χ1n) is 29.1. The summed E-state index contributed by atoms with van der Waals surface area (Å²) in [6.07, 6.45) is 12.4. The number of aliphatic carboxylic acids is 2. The Morgan fingerprint density at radius 1 is 0.506 bits per heavy atom. The van der Waals surface area contributed by atoms with Gasteiger partial charge in [-0.3, -0.25) is 24.4 Å². The largest absolute Gasteiger partial charge is 0.481 e. The van der Waals surface area contributed by atoms with Crippen molar-refractivity contribution in [3.05, 3.63) is 143 Å². The number of nitrogens with one attached hydrogen (secondary N) is 2. The third-order valence-corrected chi connectivity index (χ3v) is 14.4. The van der Waals surface area contributed by atoms with Crippen molar-refractivity contribution in [1.29, 1.82) is 0 Å². The van der Waals surface area contributed by atoms with Crippen molar-refractivity contribution in [2.75, 3.05) is 27.9 Å². The van der Waals surface area contributed by atoms with Crippen LogP contribution in [0.2, 0.25) is 0 Å². The summed E-state index contributed by atoms with van der Waals surface area (Å²) in [4.78, 5) is 52.0. The third kappa shape index (κ3) is 29.5. The molecule has 0 bridgehead atoms. The summed E-state index contributed by atoms with van der Waals surface area (Å²) in [5.41, 5.74) is 7.33. The topological polar surface area (TPSA) is 219 Å². The van der Waals surface area contributed by atoms with Gasteiger partial charge >= 0.3 is 11.9 Å². The molecule has 1 saturated heterocycles. The normalized spacial score (nSPS) is 15.8. The van der Waals surface area contributed by atoms with Gasteiger partial charge in [-0.25, -0.2) is 33.4 Å². The lowest BCUT2D eigenvalue weighted by Crippen LogP contribution is -2.37. The van der Waals surface area contributed by atoms with Gasteiger partial charge in [0.25, 0.3) is 0 Å². The number of hydroxylamine groups is 2. The molecule has 4 aromatic carbocycles. The molecule has 6 N–H and O–H groups in total. The lowest BCUT2D eigenvalue weighted by molar-refractivity contribution is -0.202. The standard InChI is InChI=1S/C20H30FNO4.C15H22FNO3.C15H21FO3.C14H19FO3/c1-3-4-7-16(20(23)22-26-19-8-5-6-13-25-19)14-18(24-2)15-9-11-17(21)12-10-15;1-3-4-5-12(15(18)17-19)10-14(20-2)11-6-8-13(16)9-7-11;1-3-4-5-12(15(17)18)10-14(19-2)11-6-8-13(16)9-7-11;1-2-3-4-11(14(17)18)9-13(16)10-5-7-12(15)8-6-10/h9-12,16,18-19H,3-8,13-14H2,1-2H3,(H,22,23);6-9,12,14,19H,3-5,10H2,1-2H3,(H,17,18);6-9,12,14H,3-5,10H2,1-2H3,(H,17,18);5-8,11,13,16H,2-4,9H2,1H3,(H,17,18)/t16-,18+,19?;2*12-,14+;11-,13+/m0000/s1. The Bertz CT molecular complexity index is 2360. The molecule has 0 aromatic heterocycles. The molecule has 0 spiro atoms. The summed E-state index contributed by atoms with van der Waals surface area (Å²) >= 11 is 0. The third-order valence-electron chi connectivity index (χ3n) is 14.4. The molecule has 464 valence electrons. The maximum atomic E-state index is 13.2. The molecule has 0 radical (unpaired) electrons. The summed E-state index contributed by atoms with van der Waals surface area (Å²) in [6.45, 7) is 8.83. The van der Waals surface area contributed by atoms with E-state index in [9.17, 15) is 47.0 Å². The highest BCUT2D eigenvalue weighted by Gasteiger charge is 2.28. The van der Waals surface area contributed by atoms with Gasteiger partial charge in [-0.05, 0) is 135 Å². The van der Waals surface area contributed by atoms with Crippen LogP contribution in [0.3, 0.4) is 0 Å². The average molecular weight is 1170 g/mol. The quantitative estimate of drug-likeness (QED) is 0.0149. The number of carboxylic acids is 2. The van der Waals surface area contributed by atoms with Gasteiger partial charge in [0.15, 0.2) is 6.29 Å². The van der Waals surface area contributed by atoms with E-state index >= 15 is 0 Å². The lowest BCUT2D eigenvalue weighted by atomic mass is 9.92. The Kier molecular flexibility index (Phi) is 37.9. The molecule has 0 aliphatic carbocycles. The first-order valence-corrected chi connectivity index (χ1v) is 29.1. The molecule has 5 rings (SSSR count). The number of carbonyl (C=O) groups is 4. The highest BCUT2D eigenvalue weighted by Crippen LogP contribution is 2.31. The molecule has 19 heteroatoms. The van der Waals surface area contributed by atoms with Gasteiger partial charge in [0, 0.05) is 46.2 Å². The van der Waals surface area contributed by atoms with Crippen LogP contribution in [0.4, 0.5) is 17.6 Å². The van der Waals surface area contributed by atoms with E-state index in [4.69, 9.17) is 34.1 Å². The van der Waals surface area contributed by atoms with Gasteiger partial charge in [-0.15, -0.1) is 0 Å². The van der Waals surface area contributed by atoms with Crippen LogP contribution in [0.1, 0.15) is 196 Å². The Hall–Kier alpha value is -5.80. The zero-order valence-corrected chi connectivity index (χ0v) is 49.6. The number of carboxylic acid groups (broad SMARTS) is 2. The van der Waals surface area contributed by atoms with Crippen LogP contribution >= 0.6 is 0 Å². The number of amides is 2. The molecule has 1 aliphatic rings. The van der Waals surface area contributed by atoms with Crippen molar-refractivity contribution >= 4 is 23.8 Å². The van der Waals surface area contributed by atoms with E-state index in [1.807, 2.05) is 20.8 Å². The zero-order valence-electron chi connectivity index (χ0n) is 49.6. The summed E-state index contributed by atoms with van der Waals surface area (Å²) < 4.78 is 73.5. The maximum absolute atomic E-state index is 13.2. The number of benzene rings is 4. The fourth-order valence-corrected chi connectivity index (χ4v) is 9.30. The van der Waals surface area contributed by atoms with Crippen LogP contribution in [0.15, 0.2) is 97.1 Å². The predicted molar refractivity (Wildman–Crippen MR) is 308 cm³/mol. The Labute approximate surface area is 488 Å². The number of ether oxygens (including phenoxy) is 4. The minimum atomic E-state index is -0.885. The summed E-state index contributed by atoms with van der Waals surface area (Å²) in [5, 5.41) is 37.0. The fraction of sp³-hybridized carbons (Fsp3) is 0.562. The van der Waals surface area contributed by atoms with Crippen molar-refractivity contribution in [3.8, 4) is 0 Å². The van der Waals surface area contributed by atoms with E-state index in [0.29, 0.717) is 50.7 Å². The number of hydrogen-bond acceptors (Lipinski definition) is 11. The van der Waals surface area contributed by atoms with Gasteiger partial charge in [0.2, 0.25) is 11.8 Å². The van der Waals surface area contributed by atoms with Crippen molar-refractivity contribution in [3.63, 3.8) is 0 Å². The number of methoxy groups -OCH3 is 3. The first-order chi connectivity index (χ1) is 39.9. The number of halogens is 4. The molecule has 1 aliphatic heterocycles. The first kappa shape index (κ1) is 73.3. The second-order valence-electron chi connectivity index (χ2n) is 20.7. The lowest BCUT2D eigenvalue weighted by Gasteiger charge is -2.25. The van der Waals surface area contributed by atoms with Crippen molar-refractivity contribution in [2.45, 2.75) is 180 Å². The Morgan fingerprint density at radius 2 is 0.831 bits per heavy atom. The summed E-state index contributed by atoms with van der Waals surface area (Å²) in [6, 6.07) is 23.8. The minimum Gasteiger partial charge on any atom is -0.481 e. The smallest absolute Gasteiger partial charge is 0.306 e. The summed E-state index contributed by atoms with van der Waals surface area (Å²) in [7, 11) is 4.71. The van der Waals surface area contributed by atoms with Gasteiger partial charge < -0.3 is 34.3 Å². The second-order valence-corrected chi connectivity index (χ2v) is 20.7. The highest BCUT2D eigenvalue weighted by atomic mass is 19.1. The van der Waals surface area contributed by atoms with E-state index in [2.05, 4.69) is 12.4 Å². The van der Waals surface area contributed by atoms with Gasteiger partial charge in [-0.1, -0.05) is 128 Å². The maximum Gasteiger partial charge on any atom is 0.306 e. The molecule has 1 heterocycles. The van der Waals surface area contributed by atoms with E-state index in [1.54, 1.807) is 63.2 Å². The van der Waals surface area contributed by atoms with Gasteiger partial charge in [-0.2, -0.15) is 0 Å². The second kappa shape index (κ2) is 42.9. The zero-order chi connectivity index (χ0) is 61.5. The van der Waals surface area contributed by atoms with Crippen LogP contribution < -0.4 is 11.0 Å². The van der Waals surface area contributed by atoms with Crippen molar-refractivity contribution < 1.29 is 81.1 Å². The van der Waals surface area contributed by atoms with Crippen LogP contribution in [0.5, 0.6) is 0 Å². The van der Waals surface area contributed by atoms with Crippen molar-refractivity contribution in [2.24, 2.45) is 23.7 Å². The minimum absolute atomic E-state index is 0.156. The Morgan fingerprint density at radius 3 is 1.14 bits per heavy atom. The average Bonchev–Trinajstić information content (AvgIpc) is 3.60.